The van der Waals surface area contributed by atoms with Gasteiger partial charge in [-0.05, 0) is 42.5 Å². The smallest absolute Gasteiger partial charge is 0.417 e. The van der Waals surface area contributed by atoms with Gasteiger partial charge in [0.2, 0.25) is 0 Å². The van der Waals surface area contributed by atoms with E-state index in [1.165, 1.54) is 7.11 Å². The molecule has 7 heteroatoms. The van der Waals surface area contributed by atoms with Crippen molar-refractivity contribution in [2.75, 3.05) is 7.11 Å². The Kier molecular flexibility index (Phi) is 5.06. The van der Waals surface area contributed by atoms with Crippen molar-refractivity contribution in [1.82, 2.24) is 4.98 Å². The van der Waals surface area contributed by atoms with Crippen LogP contribution in [0.3, 0.4) is 0 Å². The summed E-state index contributed by atoms with van der Waals surface area (Å²) >= 11 is 5.85. The topological polar surface area (TPSA) is 45.9 Å². The summed E-state index contributed by atoms with van der Waals surface area (Å²) in [5.41, 5.74) is -0.650. The van der Waals surface area contributed by atoms with Gasteiger partial charge in [0.05, 0.1) is 29.6 Å². The highest BCUT2D eigenvalue weighted by Gasteiger charge is 2.36. The fraction of sp³-hybridized carbons (Fsp3) is 0.100. The first-order chi connectivity index (χ1) is 12.8. The Hall–Kier alpha value is -3.04. The van der Waals surface area contributed by atoms with Crippen LogP contribution in [0.2, 0.25) is 5.02 Å². The molecule has 3 aromatic rings. The quantitative estimate of drug-likeness (QED) is 0.555. The second-order valence-electron chi connectivity index (χ2n) is 5.62. The van der Waals surface area contributed by atoms with E-state index in [1.807, 2.05) is 0 Å². The molecular weight excluding hydrogens is 377 g/mol. The molecule has 27 heavy (non-hydrogen) atoms. The van der Waals surface area contributed by atoms with Gasteiger partial charge < -0.3 is 4.74 Å². The van der Waals surface area contributed by atoms with Crippen LogP contribution < -0.4 is 4.74 Å². The average Bonchev–Trinajstić information content (AvgIpc) is 2.67. The van der Waals surface area contributed by atoms with E-state index in [0.717, 1.165) is 6.07 Å². The molecule has 0 unspecified atom stereocenters. The number of pyridine rings is 1. The molecule has 0 saturated heterocycles. The number of alkyl halides is 3. The summed E-state index contributed by atoms with van der Waals surface area (Å²) in [6.07, 6.45) is -4.70. The molecule has 0 bridgehead atoms. The standard InChI is InChI=1S/C20H12ClF3N2O/c1-27-15-8-4-13(5-9-15)19-16(11-25)17(20(22,23)24)10-18(26-19)12-2-6-14(21)7-3-12/h2-10H,1H3. The molecule has 0 atom stereocenters. The van der Waals surface area contributed by atoms with Crippen LogP contribution in [0.4, 0.5) is 13.2 Å². The Labute approximate surface area is 158 Å². The average molecular weight is 389 g/mol. The van der Waals surface area contributed by atoms with E-state index in [9.17, 15) is 18.4 Å². The molecule has 3 rings (SSSR count). The highest BCUT2D eigenvalue weighted by atomic mass is 35.5. The third-order valence-corrected chi connectivity index (χ3v) is 4.19. The number of hydrogen-bond acceptors (Lipinski definition) is 3. The van der Waals surface area contributed by atoms with Crippen LogP contribution in [0, 0.1) is 11.3 Å². The van der Waals surface area contributed by atoms with Crippen molar-refractivity contribution in [3.63, 3.8) is 0 Å². The zero-order chi connectivity index (χ0) is 19.6. The van der Waals surface area contributed by atoms with E-state index in [4.69, 9.17) is 16.3 Å². The van der Waals surface area contributed by atoms with Gasteiger partial charge in [-0.15, -0.1) is 0 Å². The van der Waals surface area contributed by atoms with Gasteiger partial charge in [0.1, 0.15) is 11.8 Å². The van der Waals surface area contributed by atoms with Crippen LogP contribution in [0.5, 0.6) is 5.75 Å². The van der Waals surface area contributed by atoms with Crippen LogP contribution in [0.15, 0.2) is 54.6 Å². The molecule has 0 radical (unpaired) electrons. The van der Waals surface area contributed by atoms with Crippen molar-refractivity contribution in [3.8, 4) is 34.3 Å². The summed E-state index contributed by atoms with van der Waals surface area (Å²) in [5.74, 6) is 0.544. The lowest BCUT2D eigenvalue weighted by Crippen LogP contribution is -2.10. The number of ether oxygens (including phenoxy) is 1. The lowest BCUT2D eigenvalue weighted by Gasteiger charge is -2.15. The van der Waals surface area contributed by atoms with Gasteiger partial charge in [-0.1, -0.05) is 23.7 Å². The van der Waals surface area contributed by atoms with E-state index in [1.54, 1.807) is 54.6 Å². The number of aromatic nitrogens is 1. The Balaban J connectivity index is 2.28. The Morgan fingerprint density at radius 1 is 1.00 bits per heavy atom. The molecule has 0 aliphatic rings. The van der Waals surface area contributed by atoms with E-state index >= 15 is 0 Å². The molecule has 3 nitrogen and oxygen atoms in total. The maximum atomic E-state index is 13.6. The normalized spacial score (nSPS) is 11.1. The third-order valence-electron chi connectivity index (χ3n) is 3.94. The first-order valence-corrected chi connectivity index (χ1v) is 8.14. The zero-order valence-corrected chi connectivity index (χ0v) is 14.8. The lowest BCUT2D eigenvalue weighted by atomic mass is 9.98. The second-order valence-corrected chi connectivity index (χ2v) is 6.06. The van der Waals surface area contributed by atoms with E-state index in [0.29, 0.717) is 21.9 Å². The molecule has 0 fully saturated rings. The van der Waals surface area contributed by atoms with Gasteiger partial charge in [0.15, 0.2) is 0 Å². The summed E-state index contributed by atoms with van der Waals surface area (Å²) in [7, 11) is 1.48. The Morgan fingerprint density at radius 2 is 1.59 bits per heavy atom. The van der Waals surface area contributed by atoms with Gasteiger partial charge in [0, 0.05) is 16.1 Å². The van der Waals surface area contributed by atoms with Gasteiger partial charge in [0.25, 0.3) is 0 Å². The molecule has 1 aromatic heterocycles. The predicted octanol–water partition coefficient (Wildman–Crippen LogP) is 5.97. The van der Waals surface area contributed by atoms with Crippen LogP contribution in [0.25, 0.3) is 22.5 Å². The maximum absolute atomic E-state index is 13.6. The Bertz CT molecular complexity index is 1010. The van der Waals surface area contributed by atoms with Gasteiger partial charge in [-0.2, -0.15) is 18.4 Å². The number of nitrogens with zero attached hydrogens (tertiary/aromatic N) is 2. The second kappa shape index (κ2) is 7.29. The van der Waals surface area contributed by atoms with Crippen molar-refractivity contribution >= 4 is 11.6 Å². The largest absolute Gasteiger partial charge is 0.497 e. The molecule has 136 valence electrons. The monoisotopic (exact) mass is 388 g/mol. The fourth-order valence-electron chi connectivity index (χ4n) is 2.61. The Morgan fingerprint density at radius 3 is 2.11 bits per heavy atom. The molecule has 0 amide bonds. The summed E-state index contributed by atoms with van der Waals surface area (Å²) in [6.45, 7) is 0. The third kappa shape index (κ3) is 3.88. The fourth-order valence-corrected chi connectivity index (χ4v) is 2.73. The number of hydrogen-bond donors (Lipinski definition) is 0. The molecule has 0 N–H and O–H groups in total. The van der Waals surface area contributed by atoms with Crippen molar-refractivity contribution < 1.29 is 17.9 Å². The zero-order valence-electron chi connectivity index (χ0n) is 14.0. The van der Waals surface area contributed by atoms with E-state index in [-0.39, 0.29) is 11.4 Å². The van der Waals surface area contributed by atoms with Crippen LogP contribution >= 0.6 is 11.6 Å². The molecular formula is C20H12ClF3N2O. The van der Waals surface area contributed by atoms with E-state index in [2.05, 4.69) is 4.98 Å². The number of nitriles is 1. The summed E-state index contributed by atoms with van der Waals surface area (Å²) in [6, 6.07) is 15.1. The first kappa shape index (κ1) is 18.7. The van der Waals surface area contributed by atoms with Crippen LogP contribution in [-0.4, -0.2) is 12.1 Å². The first-order valence-electron chi connectivity index (χ1n) is 7.76. The van der Waals surface area contributed by atoms with Crippen LogP contribution in [0.1, 0.15) is 11.1 Å². The number of halogens is 4. The van der Waals surface area contributed by atoms with Gasteiger partial charge >= 0.3 is 6.18 Å². The van der Waals surface area contributed by atoms with Crippen molar-refractivity contribution in [2.45, 2.75) is 6.18 Å². The highest BCUT2D eigenvalue weighted by Crippen LogP contribution is 2.38. The summed E-state index contributed by atoms with van der Waals surface area (Å²) in [5, 5.41) is 9.85. The molecule has 2 aromatic carbocycles. The number of methoxy groups -OCH3 is 1. The number of benzene rings is 2. The molecule has 1 heterocycles. The summed E-state index contributed by atoms with van der Waals surface area (Å²) in [4.78, 5) is 4.34. The van der Waals surface area contributed by atoms with Crippen LogP contribution in [-0.2, 0) is 6.18 Å². The van der Waals surface area contributed by atoms with Gasteiger partial charge in [-0.25, -0.2) is 4.98 Å². The predicted molar refractivity (Wildman–Crippen MR) is 96.4 cm³/mol. The summed E-state index contributed by atoms with van der Waals surface area (Å²) < 4.78 is 45.8. The molecule has 0 aliphatic heterocycles. The molecule has 0 saturated carbocycles. The molecule has 0 aliphatic carbocycles. The van der Waals surface area contributed by atoms with Crippen molar-refractivity contribution in [1.29, 1.82) is 5.26 Å². The highest BCUT2D eigenvalue weighted by molar-refractivity contribution is 6.30. The molecule has 0 spiro atoms. The lowest BCUT2D eigenvalue weighted by molar-refractivity contribution is -0.137. The minimum Gasteiger partial charge on any atom is -0.497 e. The van der Waals surface area contributed by atoms with Crippen molar-refractivity contribution in [3.05, 3.63) is 70.7 Å². The van der Waals surface area contributed by atoms with Crippen molar-refractivity contribution in [2.24, 2.45) is 0 Å². The SMILES string of the molecule is COc1ccc(-c2nc(-c3ccc(Cl)cc3)cc(C(F)(F)F)c2C#N)cc1. The van der Waals surface area contributed by atoms with Gasteiger partial charge in [-0.3, -0.25) is 0 Å². The minimum atomic E-state index is -4.70. The van der Waals surface area contributed by atoms with E-state index < -0.39 is 17.3 Å². The maximum Gasteiger partial charge on any atom is 0.417 e. The number of rotatable bonds is 3. The minimum absolute atomic E-state index is 0.0417.